The van der Waals surface area contributed by atoms with E-state index in [9.17, 15) is 10.2 Å². The highest BCUT2D eigenvalue weighted by Crippen LogP contribution is 2.39. The minimum Gasteiger partial charge on any atom is -0.506 e. The van der Waals surface area contributed by atoms with Crippen LogP contribution in [-0.2, 0) is 6.42 Å². The van der Waals surface area contributed by atoms with Gasteiger partial charge < -0.3 is 20.3 Å². The van der Waals surface area contributed by atoms with Crippen molar-refractivity contribution in [3.05, 3.63) is 53.6 Å². The molecule has 0 spiro atoms. The maximum Gasteiger partial charge on any atom is 0.138 e. The van der Waals surface area contributed by atoms with Gasteiger partial charge in [-0.1, -0.05) is 18.2 Å². The summed E-state index contributed by atoms with van der Waals surface area (Å²) in [7, 11) is 1.80. The zero-order valence-electron chi connectivity index (χ0n) is 16.6. The molecule has 2 atom stereocenters. The Kier molecular flexibility index (Phi) is 8.42. The monoisotopic (exact) mass is 406 g/mol. The third-order valence-corrected chi connectivity index (χ3v) is 5.46. The molecule has 3 N–H and O–H groups in total. The zero-order valence-corrected chi connectivity index (χ0v) is 17.4. The van der Waals surface area contributed by atoms with Crippen molar-refractivity contribution in [2.24, 2.45) is 0 Å². The topological polar surface area (TPSA) is 65.0 Å². The average Bonchev–Trinajstić information content (AvgIpc) is 3.10. The molecule has 1 fully saturated rings. The van der Waals surface area contributed by atoms with E-state index in [-0.39, 0.29) is 30.9 Å². The fourth-order valence-electron chi connectivity index (χ4n) is 4.07. The first-order valence-corrected chi connectivity index (χ1v) is 9.75. The Labute approximate surface area is 173 Å². The fraction of sp³-hybridized carbons (Fsp3) is 0.455. The minimum atomic E-state index is 0. The number of aliphatic hydroxyl groups is 1. The molecule has 0 radical (unpaired) electrons. The van der Waals surface area contributed by atoms with Crippen LogP contribution in [-0.4, -0.2) is 41.5 Å². The van der Waals surface area contributed by atoms with E-state index >= 15 is 0 Å². The summed E-state index contributed by atoms with van der Waals surface area (Å²) >= 11 is 0. The smallest absolute Gasteiger partial charge is 0.138 e. The highest BCUT2D eigenvalue weighted by Gasteiger charge is 2.33. The van der Waals surface area contributed by atoms with Crippen LogP contribution in [0, 0.1) is 0 Å². The fourth-order valence-corrected chi connectivity index (χ4v) is 4.07. The number of halogens is 1. The second-order valence-corrected chi connectivity index (χ2v) is 7.05. The summed E-state index contributed by atoms with van der Waals surface area (Å²) < 4.78 is 5.59. The first kappa shape index (κ1) is 22.3. The van der Waals surface area contributed by atoms with Crippen LogP contribution in [0.1, 0.15) is 43.4 Å². The van der Waals surface area contributed by atoms with Crippen LogP contribution in [0.2, 0.25) is 0 Å². The molecular weight excluding hydrogens is 376 g/mol. The van der Waals surface area contributed by atoms with Crippen LogP contribution in [0.5, 0.6) is 11.5 Å². The standard InChI is InChI=1S/C22H30N2O3.ClH/c1-3-27-19-6-4-5-16(13-19)7-9-18-10-11-21(24(18)15-25)17-8-12-22(26)20(14-17)23-2;/h4-6,8,12-14,18,21,23,25-26H,3,7,9-11,15H2,1-2H3;1H. The lowest BCUT2D eigenvalue weighted by atomic mass is 10.0. The molecule has 5 nitrogen and oxygen atoms in total. The van der Waals surface area contributed by atoms with Gasteiger partial charge in [0, 0.05) is 19.1 Å². The van der Waals surface area contributed by atoms with Gasteiger partial charge in [-0.25, -0.2) is 0 Å². The molecule has 0 aromatic heterocycles. The van der Waals surface area contributed by atoms with E-state index in [0.717, 1.165) is 42.7 Å². The summed E-state index contributed by atoms with van der Waals surface area (Å²) in [5.41, 5.74) is 3.12. The predicted molar refractivity (Wildman–Crippen MR) is 116 cm³/mol. The number of anilines is 1. The van der Waals surface area contributed by atoms with Gasteiger partial charge >= 0.3 is 0 Å². The number of hydrogen-bond acceptors (Lipinski definition) is 5. The number of ether oxygens (including phenoxy) is 1. The van der Waals surface area contributed by atoms with Crippen molar-refractivity contribution in [2.75, 3.05) is 25.7 Å². The average molecular weight is 407 g/mol. The van der Waals surface area contributed by atoms with Gasteiger partial charge in [-0.2, -0.15) is 0 Å². The third kappa shape index (κ3) is 5.10. The summed E-state index contributed by atoms with van der Waals surface area (Å²) in [6.45, 7) is 2.71. The second kappa shape index (κ2) is 10.6. The van der Waals surface area contributed by atoms with Crippen LogP contribution < -0.4 is 10.1 Å². The Balaban J connectivity index is 0.00000280. The van der Waals surface area contributed by atoms with Crippen LogP contribution >= 0.6 is 12.4 Å². The quantitative estimate of drug-likeness (QED) is 0.569. The molecule has 2 aromatic carbocycles. The van der Waals surface area contributed by atoms with Gasteiger partial charge in [0.15, 0.2) is 0 Å². The maximum atomic E-state index is 10.0. The van der Waals surface area contributed by atoms with Crippen LogP contribution in [0.25, 0.3) is 0 Å². The van der Waals surface area contributed by atoms with Gasteiger partial charge in [-0.15, -0.1) is 12.4 Å². The predicted octanol–water partition coefficient (Wildman–Crippen LogP) is 4.34. The van der Waals surface area contributed by atoms with E-state index in [0.29, 0.717) is 12.6 Å². The van der Waals surface area contributed by atoms with Crippen molar-refractivity contribution in [1.29, 1.82) is 0 Å². The molecule has 2 aromatic rings. The molecule has 1 heterocycles. The van der Waals surface area contributed by atoms with Gasteiger partial charge in [-0.3, -0.25) is 4.90 Å². The SMILES string of the molecule is CCOc1cccc(CCC2CCC(c3ccc(O)c(NC)c3)N2CO)c1.Cl. The molecule has 1 aliphatic heterocycles. The number of aryl methyl sites for hydroxylation is 1. The molecule has 1 saturated heterocycles. The van der Waals surface area contributed by atoms with Crippen LogP contribution in [0.4, 0.5) is 5.69 Å². The van der Waals surface area contributed by atoms with Crippen molar-refractivity contribution >= 4 is 18.1 Å². The molecule has 28 heavy (non-hydrogen) atoms. The van der Waals surface area contributed by atoms with Gasteiger partial charge in [-0.05, 0) is 68.0 Å². The van der Waals surface area contributed by atoms with Gasteiger partial charge in [0.25, 0.3) is 0 Å². The van der Waals surface area contributed by atoms with E-state index in [2.05, 4.69) is 22.3 Å². The van der Waals surface area contributed by atoms with E-state index in [1.165, 1.54) is 5.56 Å². The molecule has 1 aliphatic rings. The minimum absolute atomic E-state index is 0. The Morgan fingerprint density at radius 3 is 2.71 bits per heavy atom. The number of benzene rings is 2. The van der Waals surface area contributed by atoms with E-state index in [1.807, 2.05) is 31.2 Å². The normalized spacial score (nSPS) is 19.2. The molecule has 3 rings (SSSR count). The summed E-state index contributed by atoms with van der Waals surface area (Å²) in [6.07, 6.45) is 4.04. The lowest BCUT2D eigenvalue weighted by molar-refractivity contribution is 0.0596. The van der Waals surface area contributed by atoms with Crippen molar-refractivity contribution in [2.45, 2.75) is 44.7 Å². The Morgan fingerprint density at radius 2 is 2.00 bits per heavy atom. The molecule has 2 unspecified atom stereocenters. The summed E-state index contributed by atoms with van der Waals surface area (Å²) in [5, 5.41) is 22.9. The van der Waals surface area contributed by atoms with E-state index in [4.69, 9.17) is 4.74 Å². The summed E-state index contributed by atoms with van der Waals surface area (Å²) in [5.74, 6) is 1.17. The number of nitrogens with one attached hydrogen (secondary N) is 1. The van der Waals surface area contributed by atoms with E-state index < -0.39 is 0 Å². The Hall–Kier alpha value is -1.95. The number of nitrogens with zero attached hydrogens (tertiary/aromatic N) is 1. The summed E-state index contributed by atoms with van der Waals surface area (Å²) in [6, 6.07) is 14.5. The number of hydrogen-bond donors (Lipinski definition) is 3. The number of aliphatic hydroxyl groups excluding tert-OH is 1. The zero-order chi connectivity index (χ0) is 19.2. The largest absolute Gasteiger partial charge is 0.506 e. The van der Waals surface area contributed by atoms with Gasteiger partial charge in [0.2, 0.25) is 0 Å². The first-order chi connectivity index (χ1) is 13.2. The molecule has 0 aliphatic carbocycles. The Bertz CT molecular complexity index is 756. The lowest BCUT2D eigenvalue weighted by Gasteiger charge is -2.28. The molecule has 0 bridgehead atoms. The Morgan fingerprint density at radius 1 is 1.18 bits per heavy atom. The number of phenols is 1. The molecule has 0 saturated carbocycles. The van der Waals surface area contributed by atoms with Crippen molar-refractivity contribution in [3.8, 4) is 11.5 Å². The van der Waals surface area contributed by atoms with E-state index in [1.54, 1.807) is 13.1 Å². The molecule has 154 valence electrons. The number of aromatic hydroxyl groups is 1. The third-order valence-electron chi connectivity index (χ3n) is 5.46. The van der Waals surface area contributed by atoms with Crippen molar-refractivity contribution in [1.82, 2.24) is 4.90 Å². The summed E-state index contributed by atoms with van der Waals surface area (Å²) in [4.78, 5) is 2.18. The highest BCUT2D eigenvalue weighted by atomic mass is 35.5. The number of rotatable bonds is 8. The van der Waals surface area contributed by atoms with Gasteiger partial charge in [0.05, 0.1) is 19.0 Å². The maximum absolute atomic E-state index is 10.0. The van der Waals surface area contributed by atoms with Gasteiger partial charge in [0.1, 0.15) is 11.5 Å². The number of likely N-dealkylation sites (tertiary alicyclic amines) is 1. The van der Waals surface area contributed by atoms with Crippen LogP contribution in [0.15, 0.2) is 42.5 Å². The number of phenolic OH excluding ortho intramolecular Hbond substituents is 1. The van der Waals surface area contributed by atoms with Crippen molar-refractivity contribution < 1.29 is 14.9 Å². The highest BCUT2D eigenvalue weighted by molar-refractivity contribution is 5.85. The molecule has 0 amide bonds. The first-order valence-electron chi connectivity index (χ1n) is 9.75. The molecular formula is C22H31ClN2O3. The lowest BCUT2D eigenvalue weighted by Crippen LogP contribution is -2.32. The molecule has 6 heteroatoms. The van der Waals surface area contributed by atoms with Crippen LogP contribution in [0.3, 0.4) is 0 Å². The van der Waals surface area contributed by atoms with Crippen molar-refractivity contribution in [3.63, 3.8) is 0 Å². The second-order valence-electron chi connectivity index (χ2n) is 7.05.